The Bertz CT molecular complexity index is 721. The molecule has 2 rings (SSSR count). The van der Waals surface area contributed by atoms with Crippen LogP contribution in [0, 0.1) is 0 Å². The maximum atomic E-state index is 11.8. The topological polar surface area (TPSA) is 102 Å². The van der Waals surface area contributed by atoms with Gasteiger partial charge in [0.1, 0.15) is 0 Å². The van der Waals surface area contributed by atoms with Crippen LogP contribution in [0.25, 0.3) is 11.2 Å². The van der Waals surface area contributed by atoms with Crippen molar-refractivity contribution in [2.75, 3.05) is 0 Å². The number of carboxylic acids is 1. The van der Waals surface area contributed by atoms with Crippen LogP contribution in [0.3, 0.4) is 0 Å². The minimum absolute atomic E-state index is 0.0683. The number of nitrogens with zero attached hydrogens (tertiary/aromatic N) is 4. The van der Waals surface area contributed by atoms with Crippen LogP contribution in [-0.4, -0.2) is 24.7 Å². The summed E-state index contributed by atoms with van der Waals surface area (Å²) in [6.45, 7) is -0.482. The molecule has 0 aliphatic carbocycles. The molecule has 0 aliphatic rings. The highest BCUT2D eigenvalue weighted by molar-refractivity contribution is 5.73. The predicted molar refractivity (Wildman–Crippen MR) is 55.2 cm³/mol. The third-order valence-electron chi connectivity index (χ3n) is 2.52. The molecule has 8 nitrogen and oxygen atoms in total. The van der Waals surface area contributed by atoms with Gasteiger partial charge in [-0.25, -0.2) is 9.78 Å². The van der Waals surface area contributed by atoms with Gasteiger partial charge >= 0.3 is 5.69 Å². The lowest BCUT2D eigenvalue weighted by atomic mass is 10.5. The van der Waals surface area contributed by atoms with Crippen LogP contribution in [0.15, 0.2) is 15.9 Å². The smallest absolute Gasteiger partial charge is 0.332 e. The van der Waals surface area contributed by atoms with Crippen molar-refractivity contribution in [2.24, 2.45) is 14.1 Å². The number of fused-ring (bicyclic) bond motifs is 1. The van der Waals surface area contributed by atoms with Crippen molar-refractivity contribution in [3.05, 3.63) is 27.2 Å². The van der Waals surface area contributed by atoms with E-state index in [4.69, 9.17) is 0 Å². The summed E-state index contributed by atoms with van der Waals surface area (Å²) in [7, 11) is 2.78. The normalized spacial score (nSPS) is 10.9. The number of hydrogen-bond acceptors (Lipinski definition) is 5. The second kappa shape index (κ2) is 3.58. The third-order valence-corrected chi connectivity index (χ3v) is 2.52. The molecule has 0 radical (unpaired) electrons. The minimum Gasteiger partial charge on any atom is -0.548 e. The zero-order valence-electron chi connectivity index (χ0n) is 9.21. The Hall–Kier alpha value is -2.38. The second-order valence-corrected chi connectivity index (χ2v) is 3.62. The van der Waals surface area contributed by atoms with Crippen molar-refractivity contribution >= 4 is 17.1 Å². The Balaban J connectivity index is 2.90. The summed E-state index contributed by atoms with van der Waals surface area (Å²) in [6, 6.07) is 0. The summed E-state index contributed by atoms with van der Waals surface area (Å²) in [4.78, 5) is 37.8. The van der Waals surface area contributed by atoms with E-state index in [9.17, 15) is 19.5 Å². The van der Waals surface area contributed by atoms with Crippen molar-refractivity contribution in [2.45, 2.75) is 6.54 Å². The van der Waals surface area contributed by atoms with Crippen LogP contribution in [0.5, 0.6) is 0 Å². The first kappa shape index (κ1) is 11.1. The van der Waals surface area contributed by atoms with Crippen molar-refractivity contribution < 1.29 is 9.90 Å². The molecule has 0 atom stereocenters. The average Bonchev–Trinajstić information content (AvgIpc) is 2.66. The van der Waals surface area contributed by atoms with Crippen LogP contribution in [0.2, 0.25) is 0 Å². The highest BCUT2D eigenvalue weighted by atomic mass is 16.4. The standard InChI is InChI=1S/C9H10N4O4/c1-11-7-6(8(16)12(2)9(11)17)13(4-10-7)3-5(14)15/h4H,3H2,1-2H3,(H,14,15)/p-1. The van der Waals surface area contributed by atoms with Gasteiger partial charge in [-0.05, 0) is 0 Å². The molecule has 90 valence electrons. The molecule has 2 aromatic heterocycles. The number of aryl methyl sites for hydroxylation is 1. The van der Waals surface area contributed by atoms with Gasteiger partial charge in [0.2, 0.25) is 0 Å². The van der Waals surface area contributed by atoms with E-state index in [1.54, 1.807) is 0 Å². The van der Waals surface area contributed by atoms with E-state index in [1.165, 1.54) is 25.0 Å². The van der Waals surface area contributed by atoms with Crippen LogP contribution in [0.1, 0.15) is 0 Å². The number of aliphatic carboxylic acids is 1. The number of carbonyl (C=O) groups is 1. The van der Waals surface area contributed by atoms with E-state index in [0.29, 0.717) is 0 Å². The SMILES string of the molecule is Cn1c(=O)c2c(ncn2CC(=O)[O-])n(C)c1=O. The Morgan fingerprint density at radius 1 is 1.35 bits per heavy atom. The first-order valence-corrected chi connectivity index (χ1v) is 4.74. The second-order valence-electron chi connectivity index (χ2n) is 3.62. The Kier molecular flexibility index (Phi) is 2.34. The summed E-state index contributed by atoms with van der Waals surface area (Å²) in [5.41, 5.74) is -0.874. The van der Waals surface area contributed by atoms with E-state index in [0.717, 1.165) is 9.13 Å². The molecule has 17 heavy (non-hydrogen) atoms. The summed E-state index contributed by atoms with van der Waals surface area (Å²) in [6.07, 6.45) is 1.20. The van der Waals surface area contributed by atoms with E-state index >= 15 is 0 Å². The molecule has 2 aromatic rings. The third kappa shape index (κ3) is 1.53. The summed E-state index contributed by atoms with van der Waals surface area (Å²) in [5.74, 6) is -1.33. The zero-order valence-corrected chi connectivity index (χ0v) is 9.21. The largest absolute Gasteiger partial charge is 0.548 e. The molecule has 8 heteroatoms. The number of aromatic nitrogens is 4. The molecule has 0 bridgehead atoms. The fourth-order valence-electron chi connectivity index (χ4n) is 1.66. The summed E-state index contributed by atoms with van der Waals surface area (Å²) in [5, 5.41) is 10.5. The Labute approximate surface area is 94.3 Å². The Morgan fingerprint density at radius 3 is 2.59 bits per heavy atom. The van der Waals surface area contributed by atoms with Crippen molar-refractivity contribution in [1.82, 2.24) is 18.7 Å². The van der Waals surface area contributed by atoms with Gasteiger partial charge in [0.15, 0.2) is 11.2 Å². The summed E-state index contributed by atoms with van der Waals surface area (Å²) < 4.78 is 3.23. The zero-order chi connectivity index (χ0) is 12.7. The first-order chi connectivity index (χ1) is 7.93. The van der Waals surface area contributed by atoms with Gasteiger partial charge in [0.05, 0.1) is 18.8 Å². The van der Waals surface area contributed by atoms with Gasteiger partial charge in [-0.15, -0.1) is 0 Å². The average molecular weight is 237 g/mol. The van der Waals surface area contributed by atoms with Crippen LogP contribution >= 0.6 is 0 Å². The molecule has 0 saturated carbocycles. The molecule has 0 aromatic carbocycles. The lowest BCUT2D eigenvalue weighted by Crippen LogP contribution is -2.38. The molecule has 0 N–H and O–H groups in total. The van der Waals surface area contributed by atoms with Crippen LogP contribution in [-0.2, 0) is 25.4 Å². The van der Waals surface area contributed by atoms with E-state index in [1.807, 2.05) is 0 Å². The lowest BCUT2D eigenvalue weighted by molar-refractivity contribution is -0.306. The van der Waals surface area contributed by atoms with E-state index in [-0.39, 0.29) is 11.2 Å². The highest BCUT2D eigenvalue weighted by Gasteiger charge is 2.13. The van der Waals surface area contributed by atoms with E-state index < -0.39 is 23.8 Å². The van der Waals surface area contributed by atoms with Gasteiger partial charge in [-0.2, -0.15) is 0 Å². The van der Waals surface area contributed by atoms with Gasteiger partial charge < -0.3 is 14.5 Å². The fraction of sp³-hybridized carbons (Fsp3) is 0.333. The molecule has 0 amide bonds. The van der Waals surface area contributed by atoms with Crippen LogP contribution in [0.4, 0.5) is 0 Å². The Morgan fingerprint density at radius 2 is 2.00 bits per heavy atom. The monoisotopic (exact) mass is 237 g/mol. The molecule has 0 unspecified atom stereocenters. The van der Waals surface area contributed by atoms with Gasteiger partial charge in [-0.3, -0.25) is 13.9 Å². The van der Waals surface area contributed by atoms with Crippen LogP contribution < -0.4 is 16.4 Å². The highest BCUT2D eigenvalue weighted by Crippen LogP contribution is 2.04. The molecular formula is C9H9N4O4-. The number of imidazole rings is 1. The van der Waals surface area contributed by atoms with Gasteiger partial charge in [-0.1, -0.05) is 0 Å². The first-order valence-electron chi connectivity index (χ1n) is 4.74. The van der Waals surface area contributed by atoms with Gasteiger partial charge in [0, 0.05) is 14.1 Å². The maximum absolute atomic E-state index is 11.8. The minimum atomic E-state index is -1.33. The summed E-state index contributed by atoms with van der Waals surface area (Å²) >= 11 is 0. The number of carbonyl (C=O) groups excluding carboxylic acids is 1. The number of carboxylic acid groups (broad SMARTS) is 1. The number of hydrogen-bond donors (Lipinski definition) is 0. The van der Waals surface area contributed by atoms with Crippen molar-refractivity contribution in [1.29, 1.82) is 0 Å². The quantitative estimate of drug-likeness (QED) is 0.560. The fourth-order valence-corrected chi connectivity index (χ4v) is 1.66. The molecule has 0 fully saturated rings. The lowest BCUT2D eigenvalue weighted by Gasteiger charge is -2.06. The predicted octanol–water partition coefficient (Wildman–Crippen LogP) is -2.82. The van der Waals surface area contributed by atoms with E-state index in [2.05, 4.69) is 4.98 Å². The molecule has 0 spiro atoms. The molecule has 2 heterocycles. The number of rotatable bonds is 2. The molecular weight excluding hydrogens is 228 g/mol. The molecule has 0 aliphatic heterocycles. The van der Waals surface area contributed by atoms with Gasteiger partial charge in [0.25, 0.3) is 5.56 Å². The molecule has 0 saturated heterocycles. The van der Waals surface area contributed by atoms with Crippen molar-refractivity contribution in [3.8, 4) is 0 Å². The maximum Gasteiger partial charge on any atom is 0.332 e. The van der Waals surface area contributed by atoms with Crippen molar-refractivity contribution in [3.63, 3.8) is 0 Å².